The monoisotopic (exact) mass is 548 g/mol. The number of carbonyl (C=O) groups excluding carboxylic acids is 1. The van der Waals surface area contributed by atoms with E-state index in [0.29, 0.717) is 28.5 Å². The predicted octanol–water partition coefficient (Wildman–Crippen LogP) is 6.07. The fourth-order valence-electron chi connectivity index (χ4n) is 3.52. The van der Waals surface area contributed by atoms with Crippen LogP contribution in [0.3, 0.4) is 0 Å². The van der Waals surface area contributed by atoms with Crippen molar-refractivity contribution in [2.24, 2.45) is 5.10 Å². The third kappa shape index (κ3) is 5.80. The van der Waals surface area contributed by atoms with Gasteiger partial charge in [-0.1, -0.05) is 90.5 Å². The number of nitrogens with one attached hydrogen (secondary N) is 1. The molecule has 35 heavy (non-hydrogen) atoms. The summed E-state index contributed by atoms with van der Waals surface area (Å²) in [6, 6.07) is 30.5. The Hall–Kier alpha value is -3.45. The molecule has 0 saturated heterocycles. The molecule has 0 aliphatic carbocycles. The second kappa shape index (κ2) is 11.3. The minimum Gasteiger partial charge on any atom is -0.488 e. The van der Waals surface area contributed by atoms with Gasteiger partial charge in [-0.15, -0.1) is 0 Å². The molecule has 0 spiro atoms. The Morgan fingerprint density at radius 2 is 1.54 bits per heavy atom. The molecule has 0 unspecified atom stereocenters. The van der Waals surface area contributed by atoms with Gasteiger partial charge in [-0.25, -0.2) is 5.43 Å². The fourth-order valence-corrected chi connectivity index (χ4v) is 4.22. The van der Waals surface area contributed by atoms with Crippen LogP contribution in [0.5, 0.6) is 5.75 Å². The molecular weight excluding hydrogens is 528 g/mol. The summed E-state index contributed by atoms with van der Waals surface area (Å²) in [6.07, 6.45) is 1.50. The number of hydrogen-bond acceptors (Lipinski definition) is 4. The summed E-state index contributed by atoms with van der Waals surface area (Å²) >= 11 is 9.69. The molecule has 0 aromatic heterocycles. The van der Waals surface area contributed by atoms with Gasteiger partial charge in [-0.2, -0.15) is 5.10 Å². The zero-order valence-electron chi connectivity index (χ0n) is 18.6. The number of hydrogen-bond donors (Lipinski definition) is 2. The Labute approximate surface area is 217 Å². The van der Waals surface area contributed by atoms with Crippen molar-refractivity contribution in [1.29, 1.82) is 0 Å². The van der Waals surface area contributed by atoms with Crippen molar-refractivity contribution in [2.75, 3.05) is 0 Å². The number of amides is 1. The van der Waals surface area contributed by atoms with Crippen LogP contribution in [0.15, 0.2) is 113 Å². The number of ether oxygens (including phenoxy) is 1. The normalized spacial score (nSPS) is 11.4. The highest BCUT2D eigenvalue weighted by atomic mass is 79.9. The lowest BCUT2D eigenvalue weighted by molar-refractivity contribution is -0.136. The second-order valence-electron chi connectivity index (χ2n) is 7.71. The van der Waals surface area contributed by atoms with Gasteiger partial charge < -0.3 is 9.84 Å². The van der Waals surface area contributed by atoms with Gasteiger partial charge in [0.25, 0.3) is 5.91 Å². The summed E-state index contributed by atoms with van der Waals surface area (Å²) in [6.45, 7) is 0.333. The molecule has 0 heterocycles. The van der Waals surface area contributed by atoms with Crippen LogP contribution in [0.1, 0.15) is 22.3 Å². The van der Waals surface area contributed by atoms with E-state index in [1.165, 1.54) is 6.21 Å². The van der Waals surface area contributed by atoms with E-state index in [2.05, 4.69) is 26.5 Å². The summed E-state index contributed by atoms with van der Waals surface area (Å²) in [4.78, 5) is 13.1. The highest BCUT2D eigenvalue weighted by molar-refractivity contribution is 9.10. The van der Waals surface area contributed by atoms with Crippen molar-refractivity contribution >= 4 is 39.7 Å². The van der Waals surface area contributed by atoms with E-state index in [9.17, 15) is 9.90 Å². The Morgan fingerprint density at radius 1 is 0.943 bits per heavy atom. The smallest absolute Gasteiger partial charge is 0.281 e. The van der Waals surface area contributed by atoms with Crippen LogP contribution in [0.4, 0.5) is 0 Å². The van der Waals surface area contributed by atoms with Crippen LogP contribution in [0.2, 0.25) is 5.02 Å². The fraction of sp³-hybridized carbons (Fsp3) is 0.0714. The Bertz CT molecular complexity index is 1290. The van der Waals surface area contributed by atoms with Crippen molar-refractivity contribution in [3.63, 3.8) is 0 Å². The van der Waals surface area contributed by atoms with E-state index >= 15 is 0 Å². The largest absolute Gasteiger partial charge is 0.488 e. The summed E-state index contributed by atoms with van der Waals surface area (Å²) in [7, 11) is 0. The lowest BCUT2D eigenvalue weighted by Crippen LogP contribution is -2.43. The van der Waals surface area contributed by atoms with Gasteiger partial charge in [-0.05, 0) is 56.9 Å². The number of halogens is 2. The summed E-state index contributed by atoms with van der Waals surface area (Å²) in [5.74, 6) is -0.0152. The van der Waals surface area contributed by atoms with E-state index < -0.39 is 11.5 Å². The van der Waals surface area contributed by atoms with Gasteiger partial charge in [-0.3, -0.25) is 4.79 Å². The van der Waals surface area contributed by atoms with Crippen molar-refractivity contribution in [3.8, 4) is 5.75 Å². The van der Waals surface area contributed by atoms with Crippen LogP contribution < -0.4 is 10.2 Å². The van der Waals surface area contributed by atoms with E-state index in [1.54, 1.807) is 54.6 Å². The van der Waals surface area contributed by atoms with Gasteiger partial charge in [0.05, 0.1) is 10.7 Å². The molecule has 0 aliphatic heterocycles. The van der Waals surface area contributed by atoms with Crippen molar-refractivity contribution in [3.05, 3.63) is 135 Å². The molecule has 4 rings (SSSR count). The SMILES string of the molecule is O=C(N/N=C/c1ccc(OCc2ccccc2Cl)c(Br)c1)C(O)(c1ccccc1)c1ccccc1. The molecule has 0 fully saturated rings. The first kappa shape index (κ1) is 24.7. The van der Waals surface area contributed by atoms with Crippen LogP contribution >= 0.6 is 27.5 Å². The summed E-state index contributed by atoms with van der Waals surface area (Å²) in [5, 5.41) is 16.2. The minimum atomic E-state index is -1.89. The van der Waals surface area contributed by atoms with E-state index in [-0.39, 0.29) is 0 Å². The maximum absolute atomic E-state index is 13.1. The highest BCUT2D eigenvalue weighted by Gasteiger charge is 2.39. The van der Waals surface area contributed by atoms with Gasteiger partial charge in [0.15, 0.2) is 5.60 Å². The van der Waals surface area contributed by atoms with Gasteiger partial charge in [0, 0.05) is 10.6 Å². The third-order valence-corrected chi connectivity index (χ3v) is 6.38. The maximum atomic E-state index is 13.1. The molecule has 2 N–H and O–H groups in total. The van der Waals surface area contributed by atoms with Crippen LogP contribution in [0, 0.1) is 0 Å². The molecule has 4 aromatic rings. The molecular formula is C28H22BrClN2O3. The van der Waals surface area contributed by atoms with E-state index in [4.69, 9.17) is 16.3 Å². The number of carbonyl (C=O) groups is 1. The van der Waals surface area contributed by atoms with Gasteiger partial charge >= 0.3 is 0 Å². The quantitative estimate of drug-likeness (QED) is 0.207. The van der Waals surface area contributed by atoms with Crippen LogP contribution in [-0.4, -0.2) is 17.2 Å². The first-order valence-corrected chi connectivity index (χ1v) is 12.0. The molecule has 1 amide bonds. The predicted molar refractivity (Wildman–Crippen MR) is 142 cm³/mol. The zero-order valence-corrected chi connectivity index (χ0v) is 20.9. The first-order chi connectivity index (χ1) is 17.0. The first-order valence-electron chi connectivity index (χ1n) is 10.8. The maximum Gasteiger partial charge on any atom is 0.281 e. The molecule has 176 valence electrons. The van der Waals surface area contributed by atoms with E-state index in [0.717, 1.165) is 15.6 Å². The van der Waals surface area contributed by atoms with Crippen molar-refractivity contribution in [1.82, 2.24) is 5.43 Å². The third-order valence-electron chi connectivity index (χ3n) is 5.39. The van der Waals surface area contributed by atoms with Crippen LogP contribution in [0.25, 0.3) is 0 Å². The number of nitrogens with zero attached hydrogens (tertiary/aromatic N) is 1. The topological polar surface area (TPSA) is 70.9 Å². The molecule has 0 atom stereocenters. The lowest BCUT2D eigenvalue weighted by Gasteiger charge is -2.27. The Kier molecular flexibility index (Phi) is 7.98. The molecule has 0 radical (unpaired) electrons. The Balaban J connectivity index is 1.46. The van der Waals surface area contributed by atoms with Gasteiger partial charge in [0.1, 0.15) is 12.4 Å². The summed E-state index contributed by atoms with van der Waals surface area (Å²) in [5.41, 5.74) is 3.09. The number of aliphatic hydroxyl groups is 1. The molecule has 0 aliphatic rings. The van der Waals surface area contributed by atoms with Crippen LogP contribution in [-0.2, 0) is 17.0 Å². The molecule has 5 nitrogen and oxygen atoms in total. The summed E-state index contributed by atoms with van der Waals surface area (Å²) < 4.78 is 6.59. The second-order valence-corrected chi connectivity index (χ2v) is 8.97. The molecule has 7 heteroatoms. The minimum absolute atomic E-state index is 0.333. The van der Waals surface area contributed by atoms with Gasteiger partial charge in [0.2, 0.25) is 0 Å². The zero-order chi connectivity index (χ0) is 24.7. The number of rotatable bonds is 8. The lowest BCUT2D eigenvalue weighted by atomic mass is 9.85. The number of benzene rings is 4. The average Bonchev–Trinajstić information content (AvgIpc) is 2.89. The molecule has 0 saturated carbocycles. The number of hydrazone groups is 1. The highest BCUT2D eigenvalue weighted by Crippen LogP contribution is 2.30. The standard InChI is InChI=1S/C28H22BrClN2O3/c29-24-17-20(15-16-26(24)35-19-21-9-7-8-14-25(21)30)18-31-32-27(33)28(34,22-10-3-1-4-11-22)23-12-5-2-6-13-23/h1-18,34H,19H2,(H,32,33)/b31-18+. The molecule has 4 aromatic carbocycles. The van der Waals surface area contributed by atoms with Crippen molar-refractivity contribution < 1.29 is 14.6 Å². The Morgan fingerprint density at radius 3 is 2.14 bits per heavy atom. The average molecular weight is 550 g/mol. The molecule has 0 bridgehead atoms. The van der Waals surface area contributed by atoms with Crippen molar-refractivity contribution in [2.45, 2.75) is 12.2 Å². The van der Waals surface area contributed by atoms with E-state index in [1.807, 2.05) is 48.5 Å².